The van der Waals surface area contributed by atoms with Crippen molar-refractivity contribution in [3.63, 3.8) is 0 Å². The molecule has 0 spiro atoms. The Morgan fingerprint density at radius 2 is 0.741 bits per heavy atom. The molecule has 0 aromatic rings. The zero-order valence-corrected chi connectivity index (χ0v) is 18.6. The molecule has 27 heavy (non-hydrogen) atoms. The van der Waals surface area contributed by atoms with Gasteiger partial charge in [0.05, 0.1) is 0 Å². The van der Waals surface area contributed by atoms with Crippen molar-refractivity contribution >= 4 is 0 Å². The molecule has 0 saturated heterocycles. The smallest absolute Gasteiger partial charge is 0.0466 e. The summed E-state index contributed by atoms with van der Waals surface area (Å²) < 4.78 is 5.95. The van der Waals surface area contributed by atoms with E-state index < -0.39 is 0 Å². The molecule has 0 atom stereocenters. The van der Waals surface area contributed by atoms with E-state index in [2.05, 4.69) is 114 Å². The topological polar surface area (TPSA) is 9.23 Å². The Morgan fingerprint density at radius 3 is 0.963 bits per heavy atom. The number of hydrogen-bond donors (Lipinski definition) is 0. The quantitative estimate of drug-likeness (QED) is 0.222. The van der Waals surface area contributed by atoms with E-state index in [-0.39, 0.29) is 10.8 Å². The average molecular weight is 371 g/mol. The first-order valence-corrected chi connectivity index (χ1v) is 10.5. The second kappa shape index (κ2) is 15.5. The molecule has 1 heteroatoms. The highest BCUT2D eigenvalue weighted by Crippen LogP contribution is 2.31. The van der Waals surface area contributed by atoms with Gasteiger partial charge in [0.1, 0.15) is 0 Å². The van der Waals surface area contributed by atoms with Crippen LogP contribution in [-0.4, -0.2) is 13.2 Å². The molecule has 0 saturated carbocycles. The maximum atomic E-state index is 5.95. The molecule has 0 amide bonds. The van der Waals surface area contributed by atoms with Crippen molar-refractivity contribution in [2.75, 3.05) is 13.2 Å². The van der Waals surface area contributed by atoms with E-state index in [1.165, 1.54) is 0 Å². The zero-order chi connectivity index (χ0) is 20.4. The first kappa shape index (κ1) is 25.4. The maximum Gasteiger partial charge on any atom is 0.0466 e. The Morgan fingerprint density at radius 1 is 0.481 bits per heavy atom. The van der Waals surface area contributed by atoms with Crippen LogP contribution in [0, 0.1) is 10.8 Å². The van der Waals surface area contributed by atoms with E-state index in [0.717, 1.165) is 38.9 Å². The summed E-state index contributed by atoms with van der Waals surface area (Å²) in [6.45, 7) is 14.2. The Labute approximate surface area is 169 Å². The average Bonchev–Trinajstić information content (AvgIpc) is 2.62. The van der Waals surface area contributed by atoms with Gasteiger partial charge in [-0.3, -0.25) is 0 Å². The molecular formula is C26H42O. The molecule has 0 aliphatic rings. The SMILES string of the molecule is CC=CC(C=CC)(C=CC)CCCOCCCC(C=CC)(C=CC)C=CC. The molecule has 0 radical (unpaired) electrons. The van der Waals surface area contributed by atoms with Crippen molar-refractivity contribution in [3.8, 4) is 0 Å². The molecule has 152 valence electrons. The van der Waals surface area contributed by atoms with E-state index in [0.29, 0.717) is 0 Å². The standard InChI is InChI=1S/C26H42O/c1-7-15-25(16-8-2,17-9-3)21-13-23-27-24-14-22-26(18-10-4,19-11-5)20-12-6/h7-12,15-20H,13-14,21-24H2,1-6H3. The van der Waals surface area contributed by atoms with Gasteiger partial charge in [-0.15, -0.1) is 0 Å². The Bertz CT molecular complexity index is 418. The van der Waals surface area contributed by atoms with Crippen LogP contribution in [0.25, 0.3) is 0 Å². The molecule has 0 N–H and O–H groups in total. The van der Waals surface area contributed by atoms with Crippen LogP contribution in [0.4, 0.5) is 0 Å². The van der Waals surface area contributed by atoms with Crippen molar-refractivity contribution in [2.24, 2.45) is 10.8 Å². The number of ether oxygens (including phenoxy) is 1. The molecule has 0 aliphatic carbocycles. The normalized spacial score (nSPS) is 18.0. The van der Waals surface area contributed by atoms with Crippen LogP contribution in [0.3, 0.4) is 0 Å². The molecule has 0 heterocycles. The molecule has 0 aromatic carbocycles. The molecule has 0 bridgehead atoms. The monoisotopic (exact) mass is 370 g/mol. The van der Waals surface area contributed by atoms with Gasteiger partial charge in [0.15, 0.2) is 0 Å². The van der Waals surface area contributed by atoms with Gasteiger partial charge in [-0.2, -0.15) is 0 Å². The fourth-order valence-corrected chi connectivity index (χ4v) is 3.76. The van der Waals surface area contributed by atoms with E-state index in [9.17, 15) is 0 Å². The van der Waals surface area contributed by atoms with Crippen LogP contribution in [0.2, 0.25) is 0 Å². The van der Waals surface area contributed by atoms with Crippen molar-refractivity contribution in [1.82, 2.24) is 0 Å². The minimum atomic E-state index is 0.0283. The van der Waals surface area contributed by atoms with Gasteiger partial charge in [-0.1, -0.05) is 72.9 Å². The Kier molecular flexibility index (Phi) is 14.5. The van der Waals surface area contributed by atoms with Crippen molar-refractivity contribution < 1.29 is 4.74 Å². The summed E-state index contributed by atoms with van der Waals surface area (Å²) in [7, 11) is 0. The predicted molar refractivity (Wildman–Crippen MR) is 123 cm³/mol. The maximum absolute atomic E-state index is 5.95. The van der Waals surface area contributed by atoms with Gasteiger partial charge < -0.3 is 4.74 Å². The second-order valence-electron chi connectivity index (χ2n) is 7.04. The van der Waals surface area contributed by atoms with Crippen molar-refractivity contribution in [1.29, 1.82) is 0 Å². The third-order valence-corrected chi connectivity index (χ3v) is 4.66. The second-order valence-corrected chi connectivity index (χ2v) is 7.04. The highest BCUT2D eigenvalue weighted by molar-refractivity contribution is 5.21. The summed E-state index contributed by atoms with van der Waals surface area (Å²) in [5, 5.41) is 0. The van der Waals surface area contributed by atoms with Gasteiger partial charge in [0.25, 0.3) is 0 Å². The lowest BCUT2D eigenvalue weighted by molar-refractivity contribution is 0.120. The lowest BCUT2D eigenvalue weighted by atomic mass is 9.82. The first-order chi connectivity index (χ1) is 13.1. The molecule has 0 unspecified atom stereocenters. The Hall–Kier alpha value is -1.60. The Balaban J connectivity index is 4.49. The number of hydrogen-bond acceptors (Lipinski definition) is 1. The lowest BCUT2D eigenvalue weighted by Gasteiger charge is -2.24. The van der Waals surface area contributed by atoms with E-state index in [1.54, 1.807) is 0 Å². The largest absolute Gasteiger partial charge is 0.381 e. The van der Waals surface area contributed by atoms with Crippen LogP contribution in [0.5, 0.6) is 0 Å². The molecule has 0 aromatic heterocycles. The molecule has 0 rings (SSSR count). The summed E-state index contributed by atoms with van der Waals surface area (Å²) in [6.07, 6.45) is 30.8. The summed E-state index contributed by atoms with van der Waals surface area (Å²) in [5.41, 5.74) is 0.0566. The third-order valence-electron chi connectivity index (χ3n) is 4.66. The fraction of sp³-hybridized carbons (Fsp3) is 0.538. The van der Waals surface area contributed by atoms with E-state index in [1.807, 2.05) is 0 Å². The number of allylic oxidation sites excluding steroid dienone is 12. The summed E-state index contributed by atoms with van der Waals surface area (Å²) in [4.78, 5) is 0. The van der Waals surface area contributed by atoms with Crippen LogP contribution >= 0.6 is 0 Å². The highest BCUT2D eigenvalue weighted by Gasteiger charge is 2.20. The van der Waals surface area contributed by atoms with Crippen LogP contribution in [-0.2, 0) is 4.74 Å². The minimum absolute atomic E-state index is 0.0283. The fourth-order valence-electron chi connectivity index (χ4n) is 3.76. The summed E-state index contributed by atoms with van der Waals surface area (Å²) >= 11 is 0. The van der Waals surface area contributed by atoms with Gasteiger partial charge >= 0.3 is 0 Å². The van der Waals surface area contributed by atoms with Crippen molar-refractivity contribution in [2.45, 2.75) is 67.2 Å². The van der Waals surface area contributed by atoms with Gasteiger partial charge in [-0.05, 0) is 67.2 Å². The molecule has 0 fully saturated rings. The third kappa shape index (κ3) is 10.3. The summed E-state index contributed by atoms with van der Waals surface area (Å²) in [6, 6.07) is 0. The van der Waals surface area contributed by atoms with Gasteiger partial charge in [0.2, 0.25) is 0 Å². The highest BCUT2D eigenvalue weighted by atomic mass is 16.5. The van der Waals surface area contributed by atoms with Crippen molar-refractivity contribution in [3.05, 3.63) is 72.9 Å². The van der Waals surface area contributed by atoms with E-state index in [4.69, 9.17) is 4.74 Å². The molecule has 0 aliphatic heterocycles. The predicted octanol–water partition coefficient (Wildman–Crippen LogP) is 7.99. The lowest BCUT2D eigenvalue weighted by Crippen LogP contribution is -2.14. The minimum Gasteiger partial charge on any atom is -0.381 e. The number of rotatable bonds is 14. The first-order valence-electron chi connectivity index (χ1n) is 10.5. The van der Waals surface area contributed by atoms with Crippen LogP contribution < -0.4 is 0 Å². The van der Waals surface area contributed by atoms with Crippen LogP contribution in [0.15, 0.2) is 72.9 Å². The van der Waals surface area contributed by atoms with Gasteiger partial charge in [0, 0.05) is 24.0 Å². The van der Waals surface area contributed by atoms with Crippen LogP contribution in [0.1, 0.15) is 67.2 Å². The zero-order valence-electron chi connectivity index (χ0n) is 18.6. The summed E-state index contributed by atoms with van der Waals surface area (Å²) in [5.74, 6) is 0. The molecular weight excluding hydrogens is 328 g/mol. The molecule has 1 nitrogen and oxygen atoms in total. The van der Waals surface area contributed by atoms with Gasteiger partial charge in [-0.25, -0.2) is 0 Å². The van der Waals surface area contributed by atoms with E-state index >= 15 is 0 Å².